The van der Waals surface area contributed by atoms with Crippen LogP contribution in [-0.2, 0) is 9.84 Å². The van der Waals surface area contributed by atoms with Gasteiger partial charge in [0.15, 0.2) is 9.84 Å². The summed E-state index contributed by atoms with van der Waals surface area (Å²) < 4.78 is 22.7. The van der Waals surface area contributed by atoms with Crippen LogP contribution >= 0.6 is 11.6 Å². The molecular formula is C8H7ClN2O5S. The average Bonchev–Trinajstić information content (AvgIpc) is 2.14. The third-order valence-corrected chi connectivity index (χ3v) is 3.35. The fourth-order valence-electron chi connectivity index (χ4n) is 1.18. The molecule has 0 unspecified atom stereocenters. The van der Waals surface area contributed by atoms with Crippen LogP contribution in [0.15, 0.2) is 17.0 Å². The van der Waals surface area contributed by atoms with E-state index in [0.717, 1.165) is 18.4 Å². The van der Waals surface area contributed by atoms with Crippen LogP contribution in [-0.4, -0.2) is 25.5 Å². The van der Waals surface area contributed by atoms with Gasteiger partial charge in [0.2, 0.25) is 5.91 Å². The van der Waals surface area contributed by atoms with Crippen molar-refractivity contribution < 1.29 is 18.1 Å². The summed E-state index contributed by atoms with van der Waals surface area (Å²) in [7, 11) is -3.82. The van der Waals surface area contributed by atoms with Crippen LogP contribution in [0.3, 0.4) is 0 Å². The second-order valence-corrected chi connectivity index (χ2v) is 5.58. The third kappa shape index (κ3) is 2.71. The van der Waals surface area contributed by atoms with E-state index in [0.29, 0.717) is 0 Å². The zero-order valence-corrected chi connectivity index (χ0v) is 10.1. The van der Waals surface area contributed by atoms with Crippen molar-refractivity contribution in [3.63, 3.8) is 0 Å². The van der Waals surface area contributed by atoms with E-state index < -0.39 is 31.3 Å². The molecule has 0 aromatic heterocycles. The summed E-state index contributed by atoms with van der Waals surface area (Å²) in [4.78, 5) is 20.3. The molecule has 0 atom stereocenters. The molecule has 1 rings (SSSR count). The first kappa shape index (κ1) is 13.4. The number of rotatable bonds is 3. The number of nitrogens with zero attached hydrogens (tertiary/aromatic N) is 1. The Labute approximate surface area is 101 Å². The number of hydrogen-bond acceptors (Lipinski definition) is 5. The normalized spacial score (nSPS) is 11.2. The van der Waals surface area contributed by atoms with Crippen LogP contribution in [0.1, 0.15) is 10.4 Å². The number of halogens is 1. The average molecular weight is 279 g/mol. The Morgan fingerprint density at radius 3 is 2.35 bits per heavy atom. The zero-order chi connectivity index (χ0) is 13.4. The molecule has 17 heavy (non-hydrogen) atoms. The minimum atomic E-state index is -3.82. The molecule has 0 bridgehead atoms. The number of amides is 1. The molecule has 0 aliphatic heterocycles. The molecule has 0 aliphatic rings. The van der Waals surface area contributed by atoms with Crippen molar-refractivity contribution in [1.29, 1.82) is 0 Å². The topological polar surface area (TPSA) is 120 Å². The highest BCUT2D eigenvalue weighted by Crippen LogP contribution is 2.30. The van der Waals surface area contributed by atoms with Gasteiger partial charge in [0.05, 0.1) is 15.4 Å². The lowest BCUT2D eigenvalue weighted by Gasteiger charge is -2.05. The second-order valence-electron chi connectivity index (χ2n) is 3.19. The van der Waals surface area contributed by atoms with Crippen molar-refractivity contribution in [3.8, 4) is 0 Å². The number of nitro benzene ring substituents is 1. The number of sulfone groups is 1. The van der Waals surface area contributed by atoms with Gasteiger partial charge in [0, 0.05) is 12.3 Å². The van der Waals surface area contributed by atoms with Crippen LogP contribution in [0, 0.1) is 10.1 Å². The van der Waals surface area contributed by atoms with E-state index in [1.54, 1.807) is 0 Å². The lowest BCUT2D eigenvalue weighted by molar-refractivity contribution is -0.384. The van der Waals surface area contributed by atoms with Crippen molar-refractivity contribution >= 4 is 33.0 Å². The Hall–Kier alpha value is -1.67. The summed E-state index contributed by atoms with van der Waals surface area (Å²) in [5.74, 6) is -1.03. The van der Waals surface area contributed by atoms with Crippen LogP contribution in [0.4, 0.5) is 5.69 Å². The zero-order valence-electron chi connectivity index (χ0n) is 8.51. The van der Waals surface area contributed by atoms with E-state index in [1.807, 2.05) is 0 Å². The van der Waals surface area contributed by atoms with Gasteiger partial charge in [-0.05, 0) is 6.07 Å². The highest BCUT2D eigenvalue weighted by Gasteiger charge is 2.24. The fraction of sp³-hybridized carbons (Fsp3) is 0.125. The van der Waals surface area contributed by atoms with Crippen molar-refractivity contribution in [3.05, 3.63) is 32.8 Å². The maximum atomic E-state index is 11.4. The molecule has 1 aromatic rings. The van der Waals surface area contributed by atoms with Gasteiger partial charge in [-0.2, -0.15) is 0 Å². The molecule has 0 saturated carbocycles. The van der Waals surface area contributed by atoms with Crippen molar-refractivity contribution in [2.24, 2.45) is 5.73 Å². The first-order chi connectivity index (χ1) is 7.64. The first-order valence-electron chi connectivity index (χ1n) is 4.12. The molecule has 0 saturated heterocycles. The number of nitrogens with two attached hydrogens (primary N) is 1. The van der Waals surface area contributed by atoms with Crippen LogP contribution in [0.5, 0.6) is 0 Å². The second kappa shape index (κ2) is 4.30. The minimum absolute atomic E-state index is 0.351. The highest BCUT2D eigenvalue weighted by atomic mass is 35.5. The van der Waals surface area contributed by atoms with Gasteiger partial charge >= 0.3 is 0 Å². The summed E-state index contributed by atoms with van der Waals surface area (Å²) in [6.07, 6.45) is 0.812. The Morgan fingerprint density at radius 2 is 2.00 bits per heavy atom. The van der Waals surface area contributed by atoms with Crippen molar-refractivity contribution in [1.82, 2.24) is 0 Å². The Morgan fingerprint density at radius 1 is 1.47 bits per heavy atom. The predicted octanol–water partition coefficient (Wildman–Crippen LogP) is 0.751. The molecule has 7 nitrogen and oxygen atoms in total. The van der Waals surface area contributed by atoms with E-state index in [4.69, 9.17) is 17.3 Å². The molecule has 9 heteroatoms. The van der Waals surface area contributed by atoms with Crippen molar-refractivity contribution in [2.45, 2.75) is 4.90 Å². The van der Waals surface area contributed by atoms with Gasteiger partial charge in [0.25, 0.3) is 5.69 Å². The maximum absolute atomic E-state index is 11.4. The smallest absolute Gasteiger partial charge is 0.289 e. The van der Waals surface area contributed by atoms with Crippen molar-refractivity contribution in [2.75, 3.05) is 6.26 Å². The minimum Gasteiger partial charge on any atom is -0.366 e. The number of carbonyl (C=O) groups excluding carboxylic acids is 1. The van der Waals surface area contributed by atoms with Crippen LogP contribution in [0.2, 0.25) is 5.02 Å². The molecule has 0 fully saturated rings. The predicted molar refractivity (Wildman–Crippen MR) is 59.7 cm³/mol. The first-order valence-corrected chi connectivity index (χ1v) is 6.39. The fourth-order valence-corrected chi connectivity index (χ4v) is 2.30. The summed E-state index contributed by atoms with van der Waals surface area (Å²) in [5, 5.41) is 10.2. The van der Waals surface area contributed by atoms with Crippen LogP contribution < -0.4 is 5.73 Å². The van der Waals surface area contributed by atoms with Crippen LogP contribution in [0.25, 0.3) is 0 Å². The molecule has 0 spiro atoms. The highest BCUT2D eigenvalue weighted by molar-refractivity contribution is 7.90. The lowest BCUT2D eigenvalue weighted by Crippen LogP contribution is -2.16. The quantitative estimate of drug-likeness (QED) is 0.646. The molecule has 0 aliphatic carbocycles. The SMILES string of the molecule is CS(=O)(=O)c1cc([N+](=O)[O-])c(Cl)cc1C(N)=O. The Bertz CT molecular complexity index is 611. The van der Waals surface area contributed by atoms with E-state index in [-0.39, 0.29) is 10.6 Å². The van der Waals surface area contributed by atoms with E-state index in [9.17, 15) is 23.3 Å². The number of benzene rings is 1. The van der Waals surface area contributed by atoms with Gasteiger partial charge in [-0.3, -0.25) is 14.9 Å². The van der Waals surface area contributed by atoms with Gasteiger partial charge < -0.3 is 5.73 Å². The summed E-state index contributed by atoms with van der Waals surface area (Å²) in [6.45, 7) is 0. The molecule has 1 aromatic carbocycles. The standard InChI is InChI=1S/C8H7ClN2O5S/c1-17(15,16)7-3-6(11(13)14)5(9)2-4(7)8(10)12/h2-3H,1H3,(H2,10,12). The monoisotopic (exact) mass is 278 g/mol. The molecule has 0 heterocycles. The van der Waals surface area contributed by atoms with Gasteiger partial charge in [-0.25, -0.2) is 8.42 Å². The summed E-state index contributed by atoms with van der Waals surface area (Å²) in [6, 6.07) is 1.59. The maximum Gasteiger partial charge on any atom is 0.289 e. The van der Waals surface area contributed by atoms with E-state index in [2.05, 4.69) is 0 Å². The van der Waals surface area contributed by atoms with E-state index in [1.165, 1.54) is 0 Å². The van der Waals surface area contributed by atoms with E-state index >= 15 is 0 Å². The molecule has 0 radical (unpaired) electrons. The molecule has 2 N–H and O–H groups in total. The number of hydrogen-bond donors (Lipinski definition) is 1. The van der Waals surface area contributed by atoms with Gasteiger partial charge in [0.1, 0.15) is 5.02 Å². The Kier molecular flexibility index (Phi) is 3.39. The summed E-state index contributed by atoms with van der Waals surface area (Å²) in [5.41, 5.74) is 4.00. The lowest BCUT2D eigenvalue weighted by atomic mass is 10.2. The molecule has 92 valence electrons. The molecular weight excluding hydrogens is 272 g/mol. The summed E-state index contributed by atoms with van der Waals surface area (Å²) >= 11 is 5.55. The third-order valence-electron chi connectivity index (χ3n) is 1.91. The van der Waals surface area contributed by atoms with Gasteiger partial charge in [-0.1, -0.05) is 11.6 Å². The number of carbonyl (C=O) groups is 1. The number of nitro groups is 1. The number of primary amides is 1. The van der Waals surface area contributed by atoms with Gasteiger partial charge in [-0.15, -0.1) is 0 Å². The largest absolute Gasteiger partial charge is 0.366 e. The molecule has 1 amide bonds. The Balaban J connectivity index is 3.72.